The summed E-state index contributed by atoms with van der Waals surface area (Å²) >= 11 is 1.69. The molecule has 0 aliphatic carbocycles. The van der Waals surface area contributed by atoms with Gasteiger partial charge in [0.15, 0.2) is 0 Å². The van der Waals surface area contributed by atoms with Crippen molar-refractivity contribution in [3.05, 3.63) is 35.2 Å². The lowest BCUT2D eigenvalue weighted by molar-refractivity contribution is -0.145. The summed E-state index contributed by atoms with van der Waals surface area (Å²) < 4.78 is 1.23. The van der Waals surface area contributed by atoms with E-state index in [9.17, 15) is 9.90 Å². The standard InChI is InChI=1S/C15H18O2S/c1-15(2,3)12(14(16)17)8-10-9-18-13-7-5-4-6-11(10)13/h4-7,9,12H,8H2,1-3H3,(H,16,17). The van der Waals surface area contributed by atoms with Crippen LogP contribution in [0.15, 0.2) is 29.6 Å². The van der Waals surface area contributed by atoms with Gasteiger partial charge in [0.2, 0.25) is 0 Å². The molecular formula is C15H18O2S. The van der Waals surface area contributed by atoms with E-state index in [1.165, 1.54) is 10.1 Å². The Balaban J connectivity index is 2.35. The molecule has 2 nitrogen and oxygen atoms in total. The van der Waals surface area contributed by atoms with Crippen LogP contribution >= 0.6 is 11.3 Å². The van der Waals surface area contributed by atoms with Gasteiger partial charge in [0.1, 0.15) is 0 Å². The van der Waals surface area contributed by atoms with Gasteiger partial charge < -0.3 is 5.11 Å². The number of aliphatic carboxylic acids is 1. The molecule has 1 aromatic heterocycles. The van der Waals surface area contributed by atoms with Gasteiger partial charge in [-0.25, -0.2) is 0 Å². The molecule has 96 valence electrons. The Bertz CT molecular complexity index is 563. The molecule has 1 aromatic carbocycles. The van der Waals surface area contributed by atoms with Crippen LogP contribution in [0.2, 0.25) is 0 Å². The molecule has 2 aromatic rings. The van der Waals surface area contributed by atoms with Crippen LogP contribution in [0.3, 0.4) is 0 Å². The fourth-order valence-electron chi connectivity index (χ4n) is 2.17. The fourth-order valence-corrected chi connectivity index (χ4v) is 3.15. The molecule has 1 N–H and O–H groups in total. The third-order valence-corrected chi connectivity index (χ3v) is 4.34. The van der Waals surface area contributed by atoms with Crippen molar-refractivity contribution in [2.45, 2.75) is 27.2 Å². The Kier molecular flexibility index (Phi) is 3.44. The minimum atomic E-state index is -0.710. The minimum absolute atomic E-state index is 0.227. The number of hydrogen-bond acceptors (Lipinski definition) is 2. The molecule has 0 bridgehead atoms. The van der Waals surface area contributed by atoms with Gasteiger partial charge >= 0.3 is 5.97 Å². The van der Waals surface area contributed by atoms with E-state index in [1.54, 1.807) is 11.3 Å². The highest BCUT2D eigenvalue weighted by atomic mass is 32.1. The zero-order chi connectivity index (χ0) is 13.3. The molecule has 18 heavy (non-hydrogen) atoms. The molecule has 0 aliphatic heterocycles. The quantitative estimate of drug-likeness (QED) is 0.900. The third-order valence-electron chi connectivity index (χ3n) is 3.33. The van der Waals surface area contributed by atoms with Crippen LogP contribution < -0.4 is 0 Å². The summed E-state index contributed by atoms with van der Waals surface area (Å²) in [6.45, 7) is 5.96. The van der Waals surface area contributed by atoms with Crippen LogP contribution in [0.5, 0.6) is 0 Å². The summed E-state index contributed by atoms with van der Waals surface area (Å²) in [7, 11) is 0. The molecule has 1 atom stereocenters. The molecule has 0 fully saturated rings. The van der Waals surface area contributed by atoms with Crippen molar-refractivity contribution in [3.8, 4) is 0 Å². The Morgan fingerprint density at radius 2 is 2.00 bits per heavy atom. The predicted molar refractivity (Wildman–Crippen MR) is 76.1 cm³/mol. The average molecular weight is 262 g/mol. The summed E-state index contributed by atoms with van der Waals surface area (Å²) in [5, 5.41) is 12.7. The summed E-state index contributed by atoms with van der Waals surface area (Å²) in [5.41, 5.74) is 0.924. The van der Waals surface area contributed by atoms with Gasteiger partial charge in [-0.05, 0) is 34.2 Å². The molecule has 0 radical (unpaired) electrons. The van der Waals surface area contributed by atoms with E-state index in [4.69, 9.17) is 0 Å². The maximum atomic E-state index is 11.4. The molecule has 3 heteroatoms. The maximum Gasteiger partial charge on any atom is 0.307 e. The number of benzene rings is 1. The first-order valence-corrected chi connectivity index (χ1v) is 6.95. The highest BCUT2D eigenvalue weighted by molar-refractivity contribution is 7.17. The van der Waals surface area contributed by atoms with Crippen molar-refractivity contribution in [2.24, 2.45) is 11.3 Å². The first-order valence-electron chi connectivity index (χ1n) is 6.07. The van der Waals surface area contributed by atoms with Crippen molar-refractivity contribution in [3.63, 3.8) is 0 Å². The second-order valence-corrected chi connectivity index (χ2v) is 6.63. The van der Waals surface area contributed by atoms with Crippen LogP contribution in [0, 0.1) is 11.3 Å². The Labute approximate surface area is 111 Å². The largest absolute Gasteiger partial charge is 0.481 e. The van der Waals surface area contributed by atoms with Crippen LogP contribution in [0.25, 0.3) is 10.1 Å². The van der Waals surface area contributed by atoms with E-state index in [0.717, 1.165) is 5.56 Å². The lowest BCUT2D eigenvalue weighted by Crippen LogP contribution is -2.30. The van der Waals surface area contributed by atoms with Crippen molar-refractivity contribution >= 4 is 27.4 Å². The molecule has 0 saturated heterocycles. The van der Waals surface area contributed by atoms with Gasteiger partial charge in [-0.15, -0.1) is 11.3 Å². The lowest BCUT2D eigenvalue weighted by Gasteiger charge is -2.26. The zero-order valence-electron chi connectivity index (χ0n) is 10.9. The van der Waals surface area contributed by atoms with Gasteiger partial charge in [-0.3, -0.25) is 4.79 Å². The normalized spacial score (nSPS) is 13.7. The first kappa shape index (κ1) is 13.1. The van der Waals surface area contributed by atoms with E-state index >= 15 is 0 Å². The van der Waals surface area contributed by atoms with Crippen molar-refractivity contribution < 1.29 is 9.90 Å². The van der Waals surface area contributed by atoms with E-state index in [0.29, 0.717) is 6.42 Å². The second-order valence-electron chi connectivity index (χ2n) is 5.72. The Morgan fingerprint density at radius 1 is 1.33 bits per heavy atom. The summed E-state index contributed by atoms with van der Waals surface area (Å²) in [4.78, 5) is 11.4. The molecule has 1 heterocycles. The minimum Gasteiger partial charge on any atom is -0.481 e. The number of carbonyl (C=O) groups is 1. The van der Waals surface area contributed by atoms with E-state index in [1.807, 2.05) is 32.9 Å². The van der Waals surface area contributed by atoms with Crippen LogP contribution in [-0.2, 0) is 11.2 Å². The van der Waals surface area contributed by atoms with Gasteiger partial charge in [-0.1, -0.05) is 39.0 Å². The van der Waals surface area contributed by atoms with E-state index in [-0.39, 0.29) is 11.3 Å². The van der Waals surface area contributed by atoms with Crippen molar-refractivity contribution in [1.82, 2.24) is 0 Å². The van der Waals surface area contributed by atoms with E-state index in [2.05, 4.69) is 17.5 Å². The molecule has 0 spiro atoms. The van der Waals surface area contributed by atoms with Crippen LogP contribution in [0.4, 0.5) is 0 Å². The molecular weight excluding hydrogens is 244 g/mol. The van der Waals surface area contributed by atoms with E-state index < -0.39 is 5.97 Å². The van der Waals surface area contributed by atoms with Crippen LogP contribution in [0.1, 0.15) is 26.3 Å². The maximum absolute atomic E-state index is 11.4. The smallest absolute Gasteiger partial charge is 0.307 e. The van der Waals surface area contributed by atoms with Gasteiger partial charge in [0.05, 0.1) is 5.92 Å². The fraction of sp³-hybridized carbons (Fsp3) is 0.400. The van der Waals surface area contributed by atoms with Crippen molar-refractivity contribution in [1.29, 1.82) is 0 Å². The summed E-state index contributed by atoms with van der Waals surface area (Å²) in [5.74, 6) is -1.06. The van der Waals surface area contributed by atoms with Gasteiger partial charge in [0.25, 0.3) is 0 Å². The molecule has 0 aliphatic rings. The first-order chi connectivity index (χ1) is 8.39. The second kappa shape index (κ2) is 4.73. The number of carboxylic acid groups (broad SMARTS) is 1. The number of hydrogen-bond donors (Lipinski definition) is 1. The van der Waals surface area contributed by atoms with Gasteiger partial charge in [-0.2, -0.15) is 0 Å². The summed E-state index contributed by atoms with van der Waals surface area (Å²) in [6, 6.07) is 8.17. The number of carboxylic acids is 1. The van der Waals surface area contributed by atoms with Crippen LogP contribution in [-0.4, -0.2) is 11.1 Å². The number of thiophene rings is 1. The topological polar surface area (TPSA) is 37.3 Å². The highest BCUT2D eigenvalue weighted by Gasteiger charge is 2.31. The molecule has 1 unspecified atom stereocenters. The Hall–Kier alpha value is -1.35. The monoisotopic (exact) mass is 262 g/mol. The molecule has 2 rings (SSSR count). The highest BCUT2D eigenvalue weighted by Crippen LogP contribution is 2.33. The predicted octanol–water partition coefficient (Wildman–Crippen LogP) is 4.19. The average Bonchev–Trinajstić information content (AvgIpc) is 2.67. The molecule has 0 saturated carbocycles. The molecule has 0 amide bonds. The Morgan fingerprint density at radius 3 is 2.61 bits per heavy atom. The zero-order valence-corrected chi connectivity index (χ0v) is 11.8. The summed E-state index contributed by atoms with van der Waals surface area (Å²) in [6.07, 6.45) is 0.600. The lowest BCUT2D eigenvalue weighted by atomic mass is 9.77. The third kappa shape index (κ3) is 2.56. The SMILES string of the molecule is CC(C)(C)C(Cc1csc2ccccc12)C(=O)O. The number of rotatable bonds is 3. The van der Waals surface area contributed by atoms with Gasteiger partial charge in [0, 0.05) is 4.70 Å². The number of fused-ring (bicyclic) bond motifs is 1. The van der Waals surface area contributed by atoms with Crippen molar-refractivity contribution in [2.75, 3.05) is 0 Å².